The molecular formula is C13H25NO4. The first-order chi connectivity index (χ1) is 8.54. The van der Waals surface area contributed by atoms with Crippen LogP contribution in [0.3, 0.4) is 0 Å². The minimum absolute atomic E-state index is 0.00149. The number of carbonyl (C=O) groups is 2. The smallest absolute Gasteiger partial charge is 0.306 e. The second kappa shape index (κ2) is 9.88. The molecule has 0 heterocycles. The number of hydrogen-bond donors (Lipinski definition) is 2. The molecule has 0 aliphatic rings. The predicted octanol–water partition coefficient (Wildman–Crippen LogP) is 1.81. The summed E-state index contributed by atoms with van der Waals surface area (Å²) in [4.78, 5) is 22.4. The average molecular weight is 259 g/mol. The van der Waals surface area contributed by atoms with E-state index in [0.717, 1.165) is 25.7 Å². The molecule has 0 saturated carbocycles. The molecule has 106 valence electrons. The van der Waals surface area contributed by atoms with E-state index in [0.29, 0.717) is 0 Å². The molecule has 0 aromatic rings. The lowest BCUT2D eigenvalue weighted by atomic mass is 9.98. The minimum atomic E-state index is -0.922. The quantitative estimate of drug-likeness (QED) is 0.627. The zero-order chi connectivity index (χ0) is 14.0. The molecule has 0 aromatic carbocycles. The number of carboxylic acid groups (broad SMARTS) is 1. The molecule has 0 spiro atoms. The number of carboxylic acids is 1. The molecule has 0 rings (SSSR count). The van der Waals surface area contributed by atoms with Gasteiger partial charge < -0.3 is 15.2 Å². The van der Waals surface area contributed by atoms with Crippen molar-refractivity contribution in [2.24, 2.45) is 5.92 Å². The molecule has 0 fully saturated rings. The highest BCUT2D eigenvalue weighted by Crippen LogP contribution is 2.12. The summed E-state index contributed by atoms with van der Waals surface area (Å²) in [6.07, 6.45) is 3.24. The Kier molecular flexibility index (Phi) is 9.28. The first kappa shape index (κ1) is 16.9. The van der Waals surface area contributed by atoms with Gasteiger partial charge in [0, 0.05) is 19.6 Å². The van der Waals surface area contributed by atoms with Crippen LogP contribution in [0.25, 0.3) is 0 Å². The Hall–Kier alpha value is -1.10. The molecule has 2 unspecified atom stereocenters. The van der Waals surface area contributed by atoms with E-state index in [4.69, 9.17) is 9.84 Å². The molecule has 1 amide bonds. The van der Waals surface area contributed by atoms with E-state index in [1.165, 1.54) is 7.11 Å². The molecule has 0 saturated heterocycles. The van der Waals surface area contributed by atoms with E-state index in [-0.39, 0.29) is 24.8 Å². The summed E-state index contributed by atoms with van der Waals surface area (Å²) in [7, 11) is 1.45. The summed E-state index contributed by atoms with van der Waals surface area (Å²) in [6, 6.07) is 0. The first-order valence-corrected chi connectivity index (χ1v) is 6.57. The number of nitrogens with one attached hydrogen (secondary N) is 1. The van der Waals surface area contributed by atoms with Gasteiger partial charge in [-0.3, -0.25) is 9.59 Å². The molecule has 0 bridgehead atoms. The van der Waals surface area contributed by atoms with Gasteiger partial charge in [0.25, 0.3) is 0 Å². The highest BCUT2D eigenvalue weighted by Gasteiger charge is 2.18. The summed E-state index contributed by atoms with van der Waals surface area (Å²) in [6.45, 7) is 4.34. The predicted molar refractivity (Wildman–Crippen MR) is 69.4 cm³/mol. The molecule has 5 heteroatoms. The largest absolute Gasteiger partial charge is 0.481 e. The van der Waals surface area contributed by atoms with Crippen molar-refractivity contribution in [2.45, 2.75) is 52.1 Å². The number of rotatable bonds is 10. The van der Waals surface area contributed by atoms with Gasteiger partial charge in [-0.2, -0.15) is 0 Å². The molecule has 0 radical (unpaired) electrons. The van der Waals surface area contributed by atoms with Crippen LogP contribution in [-0.2, 0) is 14.3 Å². The maximum absolute atomic E-state index is 11.9. The van der Waals surface area contributed by atoms with Gasteiger partial charge in [-0.25, -0.2) is 0 Å². The standard InChI is InChI=1S/C13H25NO4/c1-4-6-7-10(5-2)13(17)14-9-11(18-3)8-12(15)16/h10-11H,4-9H2,1-3H3,(H,14,17)(H,15,16). The third-order valence-electron chi connectivity index (χ3n) is 3.01. The second-order valence-electron chi connectivity index (χ2n) is 4.45. The van der Waals surface area contributed by atoms with E-state index in [9.17, 15) is 9.59 Å². The van der Waals surface area contributed by atoms with Crippen molar-refractivity contribution in [1.29, 1.82) is 0 Å². The van der Waals surface area contributed by atoms with Crippen LogP contribution in [0.5, 0.6) is 0 Å². The summed E-state index contributed by atoms with van der Waals surface area (Å²) >= 11 is 0. The van der Waals surface area contributed by atoms with Crippen LogP contribution < -0.4 is 5.32 Å². The van der Waals surface area contributed by atoms with E-state index >= 15 is 0 Å². The number of amides is 1. The van der Waals surface area contributed by atoms with Crippen LogP contribution >= 0.6 is 0 Å². The summed E-state index contributed by atoms with van der Waals surface area (Å²) < 4.78 is 5.01. The molecule has 0 aliphatic heterocycles. The Bertz CT molecular complexity index is 255. The van der Waals surface area contributed by atoms with Crippen molar-refractivity contribution in [3.63, 3.8) is 0 Å². The van der Waals surface area contributed by atoms with Gasteiger partial charge in [0.15, 0.2) is 0 Å². The monoisotopic (exact) mass is 259 g/mol. The number of ether oxygens (including phenoxy) is 1. The topological polar surface area (TPSA) is 75.6 Å². The zero-order valence-corrected chi connectivity index (χ0v) is 11.6. The van der Waals surface area contributed by atoms with E-state index in [1.54, 1.807) is 0 Å². The Morgan fingerprint density at radius 1 is 1.33 bits per heavy atom. The van der Waals surface area contributed by atoms with Gasteiger partial charge in [0.2, 0.25) is 5.91 Å². The lowest BCUT2D eigenvalue weighted by Crippen LogP contribution is -2.37. The fraction of sp³-hybridized carbons (Fsp3) is 0.846. The van der Waals surface area contributed by atoms with Gasteiger partial charge in [-0.15, -0.1) is 0 Å². The molecule has 2 N–H and O–H groups in total. The van der Waals surface area contributed by atoms with Crippen molar-refractivity contribution >= 4 is 11.9 Å². The van der Waals surface area contributed by atoms with Crippen LogP contribution in [0, 0.1) is 5.92 Å². The first-order valence-electron chi connectivity index (χ1n) is 6.57. The van der Waals surface area contributed by atoms with Crippen LogP contribution in [0.15, 0.2) is 0 Å². The Morgan fingerprint density at radius 2 is 2.00 bits per heavy atom. The van der Waals surface area contributed by atoms with Crippen molar-refractivity contribution in [2.75, 3.05) is 13.7 Å². The Morgan fingerprint density at radius 3 is 2.44 bits per heavy atom. The minimum Gasteiger partial charge on any atom is -0.481 e. The average Bonchev–Trinajstić information content (AvgIpc) is 2.34. The van der Waals surface area contributed by atoms with Gasteiger partial charge >= 0.3 is 5.97 Å². The van der Waals surface area contributed by atoms with Crippen molar-refractivity contribution < 1.29 is 19.4 Å². The van der Waals surface area contributed by atoms with Crippen molar-refractivity contribution in [3.05, 3.63) is 0 Å². The Labute approximate surface area is 109 Å². The molecule has 0 aromatic heterocycles. The highest BCUT2D eigenvalue weighted by atomic mass is 16.5. The molecule has 18 heavy (non-hydrogen) atoms. The van der Waals surface area contributed by atoms with E-state index < -0.39 is 12.1 Å². The SMILES string of the molecule is CCCCC(CC)C(=O)NCC(CC(=O)O)OC. The lowest BCUT2D eigenvalue weighted by molar-refractivity contribution is -0.140. The molecular weight excluding hydrogens is 234 g/mol. The third-order valence-corrected chi connectivity index (χ3v) is 3.01. The molecule has 0 aliphatic carbocycles. The number of hydrogen-bond acceptors (Lipinski definition) is 3. The maximum Gasteiger partial charge on any atom is 0.306 e. The van der Waals surface area contributed by atoms with Gasteiger partial charge in [-0.1, -0.05) is 26.7 Å². The number of aliphatic carboxylic acids is 1. The van der Waals surface area contributed by atoms with Crippen LogP contribution in [0.4, 0.5) is 0 Å². The summed E-state index contributed by atoms with van der Waals surface area (Å²) in [5.74, 6) is -0.903. The highest BCUT2D eigenvalue weighted by molar-refractivity contribution is 5.78. The Balaban J connectivity index is 4.07. The van der Waals surface area contributed by atoms with Crippen LogP contribution in [-0.4, -0.2) is 36.7 Å². The number of unbranched alkanes of at least 4 members (excludes halogenated alkanes) is 1. The second-order valence-corrected chi connectivity index (χ2v) is 4.45. The fourth-order valence-electron chi connectivity index (χ4n) is 1.76. The zero-order valence-electron chi connectivity index (χ0n) is 11.6. The maximum atomic E-state index is 11.9. The van der Waals surface area contributed by atoms with Gasteiger partial charge in [-0.05, 0) is 12.8 Å². The number of carbonyl (C=O) groups excluding carboxylic acids is 1. The third kappa shape index (κ3) is 7.27. The normalized spacial score (nSPS) is 13.9. The van der Waals surface area contributed by atoms with E-state index in [1.807, 2.05) is 6.92 Å². The van der Waals surface area contributed by atoms with Gasteiger partial charge in [0.1, 0.15) is 0 Å². The van der Waals surface area contributed by atoms with E-state index in [2.05, 4.69) is 12.2 Å². The summed E-state index contributed by atoms with van der Waals surface area (Å²) in [5, 5.41) is 11.4. The van der Waals surface area contributed by atoms with Gasteiger partial charge in [0.05, 0.1) is 12.5 Å². The number of methoxy groups -OCH3 is 1. The molecule has 5 nitrogen and oxygen atoms in total. The fourth-order valence-corrected chi connectivity index (χ4v) is 1.76. The lowest BCUT2D eigenvalue weighted by Gasteiger charge is -2.18. The van der Waals surface area contributed by atoms with Crippen LogP contribution in [0.2, 0.25) is 0 Å². The summed E-state index contributed by atoms with van der Waals surface area (Å²) in [5.41, 5.74) is 0. The van der Waals surface area contributed by atoms with Crippen molar-refractivity contribution in [3.8, 4) is 0 Å². The molecule has 2 atom stereocenters. The van der Waals surface area contributed by atoms with Crippen molar-refractivity contribution in [1.82, 2.24) is 5.32 Å². The van der Waals surface area contributed by atoms with Crippen LogP contribution in [0.1, 0.15) is 46.0 Å².